The van der Waals surface area contributed by atoms with Crippen molar-refractivity contribution in [3.63, 3.8) is 0 Å². The largest absolute Gasteiger partial charge is 0.376 e. The summed E-state index contributed by atoms with van der Waals surface area (Å²) in [5.74, 6) is 0. The Kier molecular flexibility index (Phi) is 4.59. The normalized spacial score (nSPS) is 26.3. The summed E-state index contributed by atoms with van der Waals surface area (Å²) in [7, 11) is 0. The smallest absolute Gasteiger partial charge is 0.181 e. The lowest BCUT2D eigenvalue weighted by atomic mass is 10.2. The van der Waals surface area contributed by atoms with Crippen molar-refractivity contribution in [3.05, 3.63) is 3.95 Å². The van der Waals surface area contributed by atoms with Gasteiger partial charge in [0.05, 0.1) is 19.4 Å². The maximum absolute atomic E-state index is 5.62. The second kappa shape index (κ2) is 5.79. The Morgan fingerprint density at radius 3 is 3.00 bits per heavy atom. The topological polar surface area (TPSA) is 30.3 Å². The molecule has 4 nitrogen and oxygen atoms in total. The van der Waals surface area contributed by atoms with Crippen molar-refractivity contribution in [1.82, 2.24) is 14.7 Å². The average molecular weight is 291 g/mol. The van der Waals surface area contributed by atoms with Crippen LogP contribution in [0.25, 0.3) is 0 Å². The fourth-order valence-corrected chi connectivity index (χ4v) is 3.54. The van der Waals surface area contributed by atoms with Crippen molar-refractivity contribution in [1.29, 1.82) is 0 Å². The molecule has 1 aromatic heterocycles. The molecule has 0 spiro atoms. The molecular formula is C10H17N3OS3. The van der Waals surface area contributed by atoms with Crippen LogP contribution in [0.4, 0.5) is 0 Å². The van der Waals surface area contributed by atoms with Gasteiger partial charge in [0, 0.05) is 12.6 Å². The Balaban J connectivity index is 2.08. The number of nitrogens with zero attached hydrogens (tertiary/aromatic N) is 3. The summed E-state index contributed by atoms with van der Waals surface area (Å²) in [6.45, 7) is 6.78. The summed E-state index contributed by atoms with van der Waals surface area (Å²) in [5, 5.41) is 4.49. The van der Waals surface area contributed by atoms with Gasteiger partial charge in [-0.05, 0) is 32.3 Å². The van der Waals surface area contributed by atoms with Crippen LogP contribution >= 0.6 is 35.3 Å². The molecule has 1 aromatic rings. The molecule has 2 unspecified atom stereocenters. The van der Waals surface area contributed by atoms with Gasteiger partial charge in [0.1, 0.15) is 0 Å². The predicted molar refractivity (Wildman–Crippen MR) is 74.3 cm³/mol. The number of morpholine rings is 1. The third-order valence-electron chi connectivity index (χ3n) is 2.81. The second-order valence-corrected chi connectivity index (χ2v) is 6.92. The maximum Gasteiger partial charge on any atom is 0.181 e. The van der Waals surface area contributed by atoms with Crippen LogP contribution in [0.3, 0.4) is 0 Å². The van der Waals surface area contributed by atoms with Crippen molar-refractivity contribution in [2.45, 2.75) is 37.0 Å². The van der Waals surface area contributed by atoms with E-state index < -0.39 is 0 Å². The van der Waals surface area contributed by atoms with Gasteiger partial charge in [-0.3, -0.25) is 4.90 Å². The zero-order valence-electron chi connectivity index (χ0n) is 10.3. The molecule has 1 saturated heterocycles. The van der Waals surface area contributed by atoms with E-state index in [1.54, 1.807) is 23.1 Å². The molecule has 1 fully saturated rings. The van der Waals surface area contributed by atoms with E-state index in [2.05, 4.69) is 23.8 Å². The van der Waals surface area contributed by atoms with Gasteiger partial charge < -0.3 is 4.74 Å². The van der Waals surface area contributed by atoms with Crippen LogP contribution in [0, 0.1) is 3.95 Å². The molecule has 17 heavy (non-hydrogen) atoms. The summed E-state index contributed by atoms with van der Waals surface area (Å²) in [4.78, 5) is 2.37. The second-order valence-electron chi connectivity index (χ2n) is 4.24. The number of aromatic nitrogens is 2. The van der Waals surface area contributed by atoms with Crippen LogP contribution in [-0.4, -0.2) is 46.2 Å². The van der Waals surface area contributed by atoms with E-state index in [0.717, 1.165) is 28.1 Å². The highest BCUT2D eigenvalue weighted by Gasteiger charge is 2.24. The molecule has 2 atom stereocenters. The lowest BCUT2D eigenvalue weighted by molar-refractivity contribution is -0.0625. The van der Waals surface area contributed by atoms with E-state index in [9.17, 15) is 0 Å². The van der Waals surface area contributed by atoms with Crippen molar-refractivity contribution in [2.75, 3.05) is 19.4 Å². The minimum atomic E-state index is 0.291. The van der Waals surface area contributed by atoms with Crippen molar-refractivity contribution in [3.8, 4) is 0 Å². The lowest BCUT2D eigenvalue weighted by Crippen LogP contribution is -2.47. The quantitative estimate of drug-likeness (QED) is 0.630. The summed E-state index contributed by atoms with van der Waals surface area (Å²) < 4.78 is 9.41. The molecule has 0 aliphatic carbocycles. The van der Waals surface area contributed by atoms with Gasteiger partial charge in [0.25, 0.3) is 0 Å². The molecule has 0 saturated carbocycles. The average Bonchev–Trinajstić information content (AvgIpc) is 2.65. The fourth-order valence-electron chi connectivity index (χ4n) is 1.80. The van der Waals surface area contributed by atoms with E-state index in [4.69, 9.17) is 17.0 Å². The van der Waals surface area contributed by atoms with E-state index in [1.807, 2.05) is 10.9 Å². The maximum atomic E-state index is 5.62. The third kappa shape index (κ3) is 3.29. The zero-order chi connectivity index (χ0) is 12.4. The number of thioether (sulfide) groups is 1. The van der Waals surface area contributed by atoms with Gasteiger partial charge in [-0.15, -0.1) is 0 Å². The Hall–Kier alpha value is 0.0500. The van der Waals surface area contributed by atoms with Gasteiger partial charge in [-0.2, -0.15) is 5.10 Å². The number of rotatable bonds is 3. The van der Waals surface area contributed by atoms with Crippen LogP contribution in [0.1, 0.15) is 13.8 Å². The standard InChI is InChI=1S/C10H17N3OS3/c1-7-5-14-8(2)4-12(7)6-13-10(15)17-9(11-13)16-3/h7-8H,4-6H2,1-3H3. The highest BCUT2D eigenvalue weighted by molar-refractivity contribution is 8.00. The molecule has 1 aliphatic heterocycles. The van der Waals surface area contributed by atoms with Crippen LogP contribution < -0.4 is 0 Å². The van der Waals surface area contributed by atoms with Crippen molar-refractivity contribution < 1.29 is 4.74 Å². The Morgan fingerprint density at radius 2 is 2.35 bits per heavy atom. The van der Waals surface area contributed by atoms with Gasteiger partial charge in [-0.1, -0.05) is 23.1 Å². The van der Waals surface area contributed by atoms with Crippen LogP contribution in [-0.2, 0) is 11.4 Å². The van der Waals surface area contributed by atoms with Crippen LogP contribution in [0.15, 0.2) is 4.34 Å². The third-order valence-corrected chi connectivity index (χ3v) is 5.10. The lowest BCUT2D eigenvalue weighted by Gasteiger charge is -2.36. The predicted octanol–water partition coefficient (Wildman–Crippen LogP) is 2.46. The van der Waals surface area contributed by atoms with Crippen molar-refractivity contribution in [2.24, 2.45) is 0 Å². The number of hydrogen-bond donors (Lipinski definition) is 0. The molecule has 0 N–H and O–H groups in total. The summed E-state index contributed by atoms with van der Waals surface area (Å²) in [6.07, 6.45) is 2.32. The molecule has 1 aliphatic rings. The molecule has 0 radical (unpaired) electrons. The molecule has 7 heteroatoms. The molecule has 2 heterocycles. The highest BCUT2D eigenvalue weighted by atomic mass is 32.2. The van der Waals surface area contributed by atoms with E-state index in [1.165, 1.54) is 0 Å². The molecule has 0 amide bonds. The first kappa shape index (κ1) is 13.5. The zero-order valence-corrected chi connectivity index (χ0v) is 12.7. The minimum Gasteiger partial charge on any atom is -0.376 e. The van der Waals surface area contributed by atoms with Gasteiger partial charge in [0.2, 0.25) is 0 Å². The van der Waals surface area contributed by atoms with Gasteiger partial charge in [-0.25, -0.2) is 4.68 Å². The Labute approximate surface area is 115 Å². The summed E-state index contributed by atoms with van der Waals surface area (Å²) >= 11 is 8.54. The Morgan fingerprint density at radius 1 is 1.59 bits per heavy atom. The van der Waals surface area contributed by atoms with Crippen LogP contribution in [0.5, 0.6) is 0 Å². The van der Waals surface area contributed by atoms with Crippen molar-refractivity contribution >= 4 is 35.3 Å². The summed E-state index contributed by atoms with van der Waals surface area (Å²) in [5.41, 5.74) is 0. The fraction of sp³-hybridized carbons (Fsp3) is 0.800. The molecule has 0 bridgehead atoms. The Bertz CT molecular complexity index is 431. The number of ether oxygens (including phenoxy) is 1. The molecule has 2 rings (SSSR count). The molecule has 96 valence electrons. The van der Waals surface area contributed by atoms with E-state index >= 15 is 0 Å². The monoisotopic (exact) mass is 291 g/mol. The van der Waals surface area contributed by atoms with Gasteiger partial charge >= 0.3 is 0 Å². The molecule has 0 aromatic carbocycles. The van der Waals surface area contributed by atoms with Crippen LogP contribution in [0.2, 0.25) is 0 Å². The van der Waals surface area contributed by atoms with Gasteiger partial charge in [0.15, 0.2) is 8.29 Å². The number of hydrogen-bond acceptors (Lipinski definition) is 6. The SMILES string of the molecule is CSc1nn(CN2CC(C)OCC2C)c(=S)s1. The first-order valence-electron chi connectivity index (χ1n) is 5.57. The van der Waals surface area contributed by atoms with E-state index in [-0.39, 0.29) is 0 Å². The first-order valence-corrected chi connectivity index (χ1v) is 8.02. The summed E-state index contributed by atoms with van der Waals surface area (Å²) in [6, 6.07) is 0.424. The molecular weight excluding hydrogens is 274 g/mol. The highest BCUT2D eigenvalue weighted by Crippen LogP contribution is 2.20. The first-order chi connectivity index (χ1) is 8.10. The minimum absolute atomic E-state index is 0.291. The van der Waals surface area contributed by atoms with E-state index in [0.29, 0.717) is 12.1 Å².